The van der Waals surface area contributed by atoms with Crippen molar-refractivity contribution < 1.29 is 0 Å². The van der Waals surface area contributed by atoms with Crippen LogP contribution in [0.2, 0.25) is 0 Å². The molecule has 0 bridgehead atoms. The number of fused-ring (bicyclic) bond motifs is 3. The molecule has 2 aromatic carbocycles. The van der Waals surface area contributed by atoms with Crippen LogP contribution < -0.4 is 5.32 Å². The first-order valence-electron chi connectivity index (χ1n) is 7.27. The summed E-state index contributed by atoms with van der Waals surface area (Å²) in [5.41, 5.74) is 6.56. The number of aromatic amines is 1. The van der Waals surface area contributed by atoms with Gasteiger partial charge in [0.25, 0.3) is 0 Å². The highest BCUT2D eigenvalue weighted by atomic mass is 15.1. The van der Waals surface area contributed by atoms with E-state index in [-0.39, 0.29) is 12.1 Å². The quantitative estimate of drug-likeness (QED) is 0.762. The Hall–Kier alpha value is -2.39. The second kappa shape index (κ2) is 4.86. The van der Waals surface area contributed by atoms with E-state index in [1.54, 1.807) is 0 Å². The van der Waals surface area contributed by atoms with Gasteiger partial charge in [-0.15, -0.1) is 0 Å². The third kappa shape index (κ3) is 1.98. The minimum atomic E-state index is 0.238. The Morgan fingerprint density at radius 1 is 1.00 bits per heavy atom. The van der Waals surface area contributed by atoms with E-state index in [1.807, 2.05) is 12.4 Å². The molecule has 1 aliphatic carbocycles. The SMILES string of the molecule is CC(NC1c2ccccc2-c2ccccc21)c1cn[nH]c1. The topological polar surface area (TPSA) is 40.7 Å². The van der Waals surface area contributed by atoms with Crippen LogP contribution in [0.4, 0.5) is 0 Å². The molecule has 3 nitrogen and oxygen atoms in total. The van der Waals surface area contributed by atoms with E-state index in [4.69, 9.17) is 0 Å². The van der Waals surface area contributed by atoms with E-state index < -0.39 is 0 Å². The fraction of sp³-hybridized carbons (Fsp3) is 0.167. The maximum Gasteiger partial charge on any atom is 0.0593 e. The highest BCUT2D eigenvalue weighted by Crippen LogP contribution is 2.43. The maximum absolute atomic E-state index is 4.04. The zero-order valence-electron chi connectivity index (χ0n) is 11.9. The van der Waals surface area contributed by atoms with Gasteiger partial charge >= 0.3 is 0 Å². The van der Waals surface area contributed by atoms with E-state index >= 15 is 0 Å². The highest BCUT2D eigenvalue weighted by Gasteiger charge is 2.28. The van der Waals surface area contributed by atoms with Gasteiger partial charge in [0.1, 0.15) is 0 Å². The fourth-order valence-electron chi connectivity index (χ4n) is 3.18. The first-order valence-corrected chi connectivity index (χ1v) is 7.27. The molecule has 1 aromatic heterocycles. The van der Waals surface area contributed by atoms with Crippen molar-refractivity contribution in [3.05, 3.63) is 77.6 Å². The van der Waals surface area contributed by atoms with E-state index in [0.717, 1.165) is 0 Å². The summed E-state index contributed by atoms with van der Waals surface area (Å²) in [6, 6.07) is 17.8. The van der Waals surface area contributed by atoms with Gasteiger partial charge in [-0.25, -0.2) is 0 Å². The fourth-order valence-corrected chi connectivity index (χ4v) is 3.18. The molecule has 0 amide bonds. The Bertz CT molecular complexity index is 716. The summed E-state index contributed by atoms with van der Waals surface area (Å²) in [7, 11) is 0. The molecule has 1 atom stereocenters. The van der Waals surface area contributed by atoms with Crippen LogP contribution in [0, 0.1) is 0 Å². The molecular weight excluding hydrogens is 258 g/mol. The number of rotatable bonds is 3. The molecule has 0 saturated carbocycles. The van der Waals surface area contributed by atoms with E-state index in [0.29, 0.717) is 0 Å². The zero-order chi connectivity index (χ0) is 14.2. The van der Waals surface area contributed by atoms with Gasteiger partial charge in [0.15, 0.2) is 0 Å². The molecule has 1 unspecified atom stereocenters. The number of H-pyrrole nitrogens is 1. The van der Waals surface area contributed by atoms with Gasteiger partial charge < -0.3 is 0 Å². The molecule has 0 aliphatic heterocycles. The average Bonchev–Trinajstić information content (AvgIpc) is 3.15. The van der Waals surface area contributed by atoms with Crippen molar-refractivity contribution in [3.8, 4) is 11.1 Å². The second-order valence-corrected chi connectivity index (χ2v) is 5.53. The van der Waals surface area contributed by atoms with Gasteiger partial charge in [-0.05, 0) is 29.2 Å². The molecule has 1 aliphatic rings. The molecule has 0 spiro atoms. The number of hydrogen-bond donors (Lipinski definition) is 2. The number of hydrogen-bond acceptors (Lipinski definition) is 2. The summed E-state index contributed by atoms with van der Waals surface area (Å²) >= 11 is 0. The Balaban J connectivity index is 1.75. The average molecular weight is 275 g/mol. The van der Waals surface area contributed by atoms with Crippen molar-refractivity contribution in [1.82, 2.24) is 15.5 Å². The van der Waals surface area contributed by atoms with Crippen molar-refractivity contribution in [2.24, 2.45) is 0 Å². The van der Waals surface area contributed by atoms with Crippen LogP contribution in [0.5, 0.6) is 0 Å². The Kier molecular flexibility index (Phi) is 2.86. The number of nitrogens with one attached hydrogen (secondary N) is 2. The third-order valence-electron chi connectivity index (χ3n) is 4.27. The Morgan fingerprint density at radius 2 is 1.62 bits per heavy atom. The monoisotopic (exact) mass is 275 g/mol. The van der Waals surface area contributed by atoms with Gasteiger partial charge in [-0.1, -0.05) is 48.5 Å². The summed E-state index contributed by atoms with van der Waals surface area (Å²) in [6.45, 7) is 2.17. The molecule has 2 N–H and O–H groups in total. The van der Waals surface area contributed by atoms with Crippen molar-refractivity contribution >= 4 is 0 Å². The van der Waals surface area contributed by atoms with Crippen LogP contribution in [-0.2, 0) is 0 Å². The summed E-state index contributed by atoms with van der Waals surface area (Å²) in [5, 5.41) is 10.7. The van der Waals surface area contributed by atoms with Crippen LogP contribution >= 0.6 is 0 Å². The van der Waals surface area contributed by atoms with Crippen molar-refractivity contribution in [1.29, 1.82) is 0 Å². The lowest BCUT2D eigenvalue weighted by Crippen LogP contribution is -2.23. The number of nitrogens with zero attached hydrogens (tertiary/aromatic N) is 1. The zero-order valence-corrected chi connectivity index (χ0v) is 11.9. The normalized spacial score (nSPS) is 14.7. The van der Waals surface area contributed by atoms with Gasteiger partial charge in [0.05, 0.1) is 12.2 Å². The minimum absolute atomic E-state index is 0.238. The predicted molar refractivity (Wildman–Crippen MR) is 83.9 cm³/mol. The lowest BCUT2D eigenvalue weighted by atomic mass is 10.0. The van der Waals surface area contributed by atoms with Crippen molar-refractivity contribution in [2.75, 3.05) is 0 Å². The first-order chi connectivity index (χ1) is 10.3. The Labute approximate surface area is 124 Å². The van der Waals surface area contributed by atoms with Crippen LogP contribution in [-0.4, -0.2) is 10.2 Å². The maximum atomic E-state index is 4.04. The number of benzene rings is 2. The van der Waals surface area contributed by atoms with Gasteiger partial charge in [-0.2, -0.15) is 5.10 Å². The lowest BCUT2D eigenvalue weighted by molar-refractivity contribution is 0.523. The van der Waals surface area contributed by atoms with E-state index in [1.165, 1.54) is 27.8 Å². The van der Waals surface area contributed by atoms with Crippen LogP contribution in [0.15, 0.2) is 60.9 Å². The molecule has 0 fully saturated rings. The summed E-state index contributed by atoms with van der Waals surface area (Å²) in [5.74, 6) is 0. The summed E-state index contributed by atoms with van der Waals surface area (Å²) < 4.78 is 0. The first kappa shape index (κ1) is 12.4. The smallest absolute Gasteiger partial charge is 0.0593 e. The van der Waals surface area contributed by atoms with E-state index in [2.05, 4.69) is 71.0 Å². The minimum Gasteiger partial charge on any atom is -0.299 e. The highest BCUT2D eigenvalue weighted by molar-refractivity contribution is 5.78. The summed E-state index contributed by atoms with van der Waals surface area (Å²) in [4.78, 5) is 0. The summed E-state index contributed by atoms with van der Waals surface area (Å²) in [6.07, 6.45) is 3.83. The lowest BCUT2D eigenvalue weighted by Gasteiger charge is -2.20. The standard InChI is InChI=1S/C18H17N3/c1-12(13-10-19-20-11-13)21-18-16-8-4-2-6-14(16)15-7-3-5-9-17(15)18/h2-12,18,21H,1H3,(H,19,20). The largest absolute Gasteiger partial charge is 0.299 e. The predicted octanol–water partition coefficient (Wildman–Crippen LogP) is 3.83. The number of aromatic nitrogens is 2. The van der Waals surface area contributed by atoms with Crippen LogP contribution in [0.3, 0.4) is 0 Å². The van der Waals surface area contributed by atoms with Crippen molar-refractivity contribution in [2.45, 2.75) is 19.0 Å². The van der Waals surface area contributed by atoms with Crippen molar-refractivity contribution in [3.63, 3.8) is 0 Å². The second-order valence-electron chi connectivity index (χ2n) is 5.53. The van der Waals surface area contributed by atoms with Gasteiger partial charge in [0.2, 0.25) is 0 Å². The molecule has 3 aromatic rings. The Morgan fingerprint density at radius 3 is 2.19 bits per heavy atom. The molecule has 1 heterocycles. The molecule has 0 saturated heterocycles. The van der Waals surface area contributed by atoms with Crippen LogP contribution in [0.25, 0.3) is 11.1 Å². The third-order valence-corrected chi connectivity index (χ3v) is 4.27. The van der Waals surface area contributed by atoms with Gasteiger partial charge in [-0.3, -0.25) is 10.4 Å². The molecule has 4 rings (SSSR count). The van der Waals surface area contributed by atoms with E-state index in [9.17, 15) is 0 Å². The molecule has 21 heavy (non-hydrogen) atoms. The molecule has 3 heteroatoms. The molecular formula is C18H17N3. The van der Waals surface area contributed by atoms with Gasteiger partial charge in [0, 0.05) is 17.8 Å². The van der Waals surface area contributed by atoms with Crippen LogP contribution in [0.1, 0.15) is 35.7 Å². The molecule has 0 radical (unpaired) electrons. The molecule has 104 valence electrons.